The van der Waals surface area contributed by atoms with Crippen LogP contribution in [-0.4, -0.2) is 0 Å². The molecule has 0 atom stereocenters. The van der Waals surface area contributed by atoms with Crippen molar-refractivity contribution in [2.24, 2.45) is 0 Å². The highest BCUT2D eigenvalue weighted by Gasteiger charge is 2.52. The Hall–Kier alpha value is -7.94. The van der Waals surface area contributed by atoms with Crippen molar-refractivity contribution in [3.8, 4) is 22.3 Å². The summed E-state index contributed by atoms with van der Waals surface area (Å²) in [6.07, 6.45) is 0.813. The molecule has 11 aromatic rings. The third kappa shape index (κ3) is 6.16. The van der Waals surface area contributed by atoms with E-state index < -0.39 is 5.41 Å². The van der Waals surface area contributed by atoms with Gasteiger partial charge in [0.05, 0.1) is 16.8 Å². The Bertz CT molecular complexity index is 3500. The van der Waals surface area contributed by atoms with Crippen molar-refractivity contribution in [3.05, 3.63) is 252 Å². The smallest absolute Gasteiger partial charge is 0.0754 e. The Balaban J connectivity index is 0.00000117. The maximum Gasteiger partial charge on any atom is 0.0754 e. The second kappa shape index (κ2) is 16.6. The predicted octanol–water partition coefficient (Wildman–Crippen LogP) is 17.3. The number of hydrogen-bond donors (Lipinski definition) is 1. The number of rotatable bonds is 4. The molecule has 1 heterocycles. The molecule has 0 amide bonds. The zero-order valence-electron chi connectivity index (χ0n) is 38.0. The molecule has 0 radical (unpaired) electrons. The van der Waals surface area contributed by atoms with Crippen molar-refractivity contribution in [2.75, 3.05) is 10.6 Å². The third-order valence-electron chi connectivity index (χ3n) is 13.8. The lowest BCUT2D eigenvalue weighted by Gasteiger charge is -2.45. The van der Waals surface area contributed by atoms with E-state index in [1.54, 1.807) is 0 Å². The molecule has 2 heteroatoms. The molecule has 2 nitrogen and oxygen atoms in total. The summed E-state index contributed by atoms with van der Waals surface area (Å²) in [6, 6.07) is 81.2. The second-order valence-electron chi connectivity index (χ2n) is 17.0. The highest BCUT2D eigenvalue weighted by molar-refractivity contribution is 6.13. The summed E-state index contributed by atoms with van der Waals surface area (Å²) in [5, 5.41) is 10.2. The van der Waals surface area contributed by atoms with Gasteiger partial charge in [0, 0.05) is 11.4 Å². The van der Waals surface area contributed by atoms with Crippen LogP contribution in [0.5, 0.6) is 0 Å². The summed E-state index contributed by atoms with van der Waals surface area (Å²) >= 11 is 0. The molecule has 2 aliphatic rings. The Labute approximate surface area is 388 Å². The molecule has 0 bridgehead atoms. The molecule has 318 valence electrons. The van der Waals surface area contributed by atoms with Crippen LogP contribution in [0.4, 0.5) is 22.7 Å². The molecule has 0 aromatic heterocycles. The maximum atomic E-state index is 6.52. The Morgan fingerprint density at radius 2 is 0.864 bits per heavy atom. The third-order valence-corrected chi connectivity index (χ3v) is 13.8. The number of nitrogens with zero attached hydrogens (tertiary/aromatic N) is 1. The Kier molecular flexibility index (Phi) is 10.2. The molecule has 0 fully saturated rings. The fourth-order valence-electron chi connectivity index (χ4n) is 11.2. The largest absolute Gasteiger partial charge is 0.399 e. The van der Waals surface area contributed by atoms with Crippen LogP contribution in [-0.2, 0) is 11.8 Å². The normalized spacial score (nSPS) is 12.8. The van der Waals surface area contributed by atoms with E-state index >= 15 is 0 Å². The monoisotopic (exact) mass is 848 g/mol. The van der Waals surface area contributed by atoms with Crippen molar-refractivity contribution < 1.29 is 0 Å². The van der Waals surface area contributed by atoms with Gasteiger partial charge in [-0.3, -0.25) is 0 Å². The molecular weight excluding hydrogens is 797 g/mol. The van der Waals surface area contributed by atoms with Crippen LogP contribution in [0.15, 0.2) is 218 Å². The molecular formula is C64H52N2. The van der Waals surface area contributed by atoms with E-state index in [1.165, 1.54) is 98.7 Å². The zero-order valence-corrected chi connectivity index (χ0v) is 38.0. The number of para-hydroxylation sites is 2. The van der Waals surface area contributed by atoms with Gasteiger partial charge in [0.1, 0.15) is 0 Å². The summed E-state index contributed by atoms with van der Waals surface area (Å²) in [4.78, 5) is 2.41. The van der Waals surface area contributed by atoms with E-state index in [9.17, 15) is 0 Å². The Morgan fingerprint density at radius 3 is 1.42 bits per heavy atom. The fourth-order valence-corrected chi connectivity index (χ4v) is 11.2. The van der Waals surface area contributed by atoms with Gasteiger partial charge in [-0.15, -0.1) is 0 Å². The highest BCUT2D eigenvalue weighted by atomic mass is 15.2. The van der Waals surface area contributed by atoms with E-state index in [1.807, 2.05) is 33.8 Å². The topological polar surface area (TPSA) is 29.3 Å². The number of fused-ring (bicyclic) bond motifs is 13. The predicted molar refractivity (Wildman–Crippen MR) is 284 cm³/mol. The lowest BCUT2D eigenvalue weighted by molar-refractivity contribution is 0.751. The van der Waals surface area contributed by atoms with Gasteiger partial charge in [-0.05, 0) is 154 Å². The summed E-state index contributed by atoms with van der Waals surface area (Å²) in [7, 11) is 0. The summed E-state index contributed by atoms with van der Waals surface area (Å²) < 4.78 is 0. The van der Waals surface area contributed by atoms with Gasteiger partial charge in [0.15, 0.2) is 0 Å². The van der Waals surface area contributed by atoms with E-state index in [0.717, 1.165) is 29.2 Å². The van der Waals surface area contributed by atoms with Gasteiger partial charge < -0.3 is 10.6 Å². The first-order valence-electron chi connectivity index (χ1n) is 23.6. The number of anilines is 4. The molecule has 2 N–H and O–H groups in total. The molecule has 1 aliphatic heterocycles. The number of hydrogen-bond acceptors (Lipinski definition) is 2. The molecule has 66 heavy (non-hydrogen) atoms. The summed E-state index contributed by atoms with van der Waals surface area (Å²) in [5.74, 6) is 0. The first kappa shape index (κ1) is 40.8. The quantitative estimate of drug-likeness (QED) is 0.141. The molecule has 0 saturated heterocycles. The van der Waals surface area contributed by atoms with Crippen LogP contribution >= 0.6 is 0 Å². The average molecular weight is 849 g/mol. The minimum Gasteiger partial charge on any atom is -0.399 e. The summed E-state index contributed by atoms with van der Waals surface area (Å²) in [5.41, 5.74) is 22.9. The van der Waals surface area contributed by atoms with Gasteiger partial charge in [-0.1, -0.05) is 198 Å². The highest BCUT2D eigenvalue weighted by Crippen LogP contribution is 2.64. The van der Waals surface area contributed by atoms with Crippen LogP contribution in [0.25, 0.3) is 65.3 Å². The van der Waals surface area contributed by atoms with Gasteiger partial charge in [-0.25, -0.2) is 0 Å². The summed E-state index contributed by atoms with van der Waals surface area (Å²) in [6.45, 7) is 8.00. The van der Waals surface area contributed by atoms with Gasteiger partial charge in [0.2, 0.25) is 0 Å². The number of nitrogens with two attached hydrogens (primary N) is 1. The van der Waals surface area contributed by atoms with Crippen LogP contribution in [0.3, 0.4) is 0 Å². The minimum absolute atomic E-state index is 0.623. The van der Waals surface area contributed by atoms with Crippen LogP contribution in [0, 0.1) is 0 Å². The lowest BCUT2D eigenvalue weighted by Crippen LogP contribution is -2.36. The Morgan fingerprint density at radius 1 is 0.394 bits per heavy atom. The molecule has 13 rings (SSSR count). The van der Waals surface area contributed by atoms with E-state index in [-0.39, 0.29) is 0 Å². The van der Waals surface area contributed by atoms with Gasteiger partial charge in [0.25, 0.3) is 0 Å². The van der Waals surface area contributed by atoms with Gasteiger partial charge in [-0.2, -0.15) is 0 Å². The maximum absolute atomic E-state index is 6.52. The average Bonchev–Trinajstić information content (AvgIpc) is 3.66. The van der Waals surface area contributed by atoms with Crippen molar-refractivity contribution in [1.29, 1.82) is 0 Å². The van der Waals surface area contributed by atoms with E-state index in [4.69, 9.17) is 5.73 Å². The molecule has 0 saturated carbocycles. The van der Waals surface area contributed by atoms with E-state index in [2.05, 4.69) is 217 Å². The number of nitrogen functional groups attached to an aromatic ring is 1. The number of benzene rings is 11. The van der Waals surface area contributed by atoms with Crippen LogP contribution < -0.4 is 10.6 Å². The molecule has 0 unspecified atom stereocenters. The first-order valence-corrected chi connectivity index (χ1v) is 23.6. The zero-order chi connectivity index (χ0) is 44.9. The fraction of sp³-hybridized carbons (Fsp3) is 0.0938. The molecule has 1 spiro atoms. The van der Waals surface area contributed by atoms with Crippen molar-refractivity contribution in [1.82, 2.24) is 0 Å². The van der Waals surface area contributed by atoms with E-state index in [0.29, 0.717) is 0 Å². The van der Waals surface area contributed by atoms with Crippen molar-refractivity contribution >= 4 is 65.8 Å². The van der Waals surface area contributed by atoms with Gasteiger partial charge >= 0.3 is 0 Å². The van der Waals surface area contributed by atoms with Crippen molar-refractivity contribution in [3.63, 3.8) is 0 Å². The molecule has 1 aliphatic carbocycles. The lowest BCUT2D eigenvalue weighted by atomic mass is 9.64. The standard InChI is InChI=1S/C60H40N2.2C2H6/c61-44-18-13-19-45(37-44)62-57-26-11-9-24-53(57)60(54-25-10-12-27-58(54)62)55-33-38(32-52-46-20-5-1-14-39(46)34-40-15-2-6-21-47(40)52)28-30-50(55)51-31-29-43(36-56(51)60)59-48-22-7-3-16-41(48)35-42-17-4-8-23-49(42)59;2*1-2/h1-31,33-37H,32,61H2;2*1-2H3. The first-order chi connectivity index (χ1) is 32.6. The van der Waals surface area contributed by atoms with Crippen LogP contribution in [0.2, 0.25) is 0 Å². The van der Waals surface area contributed by atoms with Crippen LogP contribution in [0.1, 0.15) is 61.1 Å². The molecule has 11 aromatic carbocycles. The SMILES string of the molecule is CC.CC.Nc1cccc(N2c3ccccc3C3(c4cc(Cc5c6ccccc6cc6ccccc56)ccc4-c4ccc(-c5c6ccccc6cc6ccccc56)cc43)c3ccccc32)c1. The second-order valence-corrected chi connectivity index (χ2v) is 17.0. The minimum atomic E-state index is -0.623. The van der Waals surface area contributed by atoms with Crippen molar-refractivity contribution in [2.45, 2.75) is 39.5 Å².